The number of rotatable bonds is 2. The number of carbonyl (C=O) groups excluding carboxylic acids is 1. The van der Waals surface area contributed by atoms with E-state index in [9.17, 15) is 9.59 Å². The average molecular weight is 365 g/mol. The number of aromatic nitrogens is 2. The normalized spacial score (nSPS) is 17.0. The van der Waals surface area contributed by atoms with Crippen molar-refractivity contribution in [3.63, 3.8) is 0 Å². The van der Waals surface area contributed by atoms with Crippen LogP contribution < -0.4 is 10.5 Å². The van der Waals surface area contributed by atoms with Crippen LogP contribution in [0.3, 0.4) is 0 Å². The van der Waals surface area contributed by atoms with Gasteiger partial charge >= 0.3 is 0 Å². The number of anilines is 1. The molecule has 2 aromatic carbocycles. The first kappa shape index (κ1) is 16.8. The van der Waals surface area contributed by atoms with E-state index in [2.05, 4.69) is 11.9 Å². The van der Waals surface area contributed by atoms with Gasteiger partial charge in [-0.3, -0.25) is 14.2 Å². The average Bonchev–Trinajstić information content (AvgIpc) is 2.82. The Hall–Kier alpha value is -2.60. The molecule has 3 aromatic rings. The van der Waals surface area contributed by atoms with Gasteiger partial charge in [0, 0.05) is 16.7 Å². The summed E-state index contributed by atoms with van der Waals surface area (Å²) in [7, 11) is 0. The maximum atomic E-state index is 13.0. The summed E-state index contributed by atoms with van der Waals surface area (Å²) in [5, 5.41) is 0.974. The lowest BCUT2D eigenvalue weighted by atomic mass is 10.2. The van der Waals surface area contributed by atoms with Gasteiger partial charge < -0.3 is 4.90 Å². The van der Waals surface area contributed by atoms with Crippen molar-refractivity contribution in [1.29, 1.82) is 0 Å². The van der Waals surface area contributed by atoms with Gasteiger partial charge in [0.05, 0.1) is 22.9 Å². The molecule has 0 saturated carbocycles. The number of benzene rings is 2. The fraction of sp³-hybridized carbons (Fsp3) is 0.250. The zero-order chi connectivity index (χ0) is 18.1. The Morgan fingerprint density at radius 1 is 1.19 bits per heavy atom. The van der Waals surface area contributed by atoms with E-state index in [1.165, 1.54) is 10.9 Å². The number of hydrogen-bond acceptors (Lipinski definition) is 4. The molecule has 5 nitrogen and oxygen atoms in total. The number of para-hydroxylation sites is 2. The molecule has 0 saturated heterocycles. The summed E-state index contributed by atoms with van der Waals surface area (Å²) in [5.74, 6) is -0.0914. The molecule has 6 heteroatoms. The van der Waals surface area contributed by atoms with Crippen molar-refractivity contribution in [3.8, 4) is 0 Å². The van der Waals surface area contributed by atoms with Gasteiger partial charge in [-0.2, -0.15) is 0 Å². The molecule has 132 valence electrons. The lowest BCUT2D eigenvalue weighted by molar-refractivity contribution is -0.119. The quantitative estimate of drug-likeness (QED) is 0.699. The third-order valence-electron chi connectivity index (χ3n) is 4.58. The van der Waals surface area contributed by atoms with Crippen LogP contribution in [0.1, 0.15) is 13.3 Å². The van der Waals surface area contributed by atoms with Gasteiger partial charge in [0.15, 0.2) is 0 Å². The van der Waals surface area contributed by atoms with Gasteiger partial charge in [-0.25, -0.2) is 4.98 Å². The van der Waals surface area contributed by atoms with Crippen LogP contribution in [-0.4, -0.2) is 27.3 Å². The fourth-order valence-corrected chi connectivity index (χ4v) is 4.31. The Morgan fingerprint density at radius 2 is 1.96 bits per heavy atom. The summed E-state index contributed by atoms with van der Waals surface area (Å²) < 4.78 is 1.40. The third-order valence-corrected chi connectivity index (χ3v) is 5.82. The maximum absolute atomic E-state index is 13.0. The Morgan fingerprint density at radius 3 is 2.85 bits per heavy atom. The van der Waals surface area contributed by atoms with E-state index < -0.39 is 0 Å². The number of hydrogen-bond donors (Lipinski definition) is 0. The van der Waals surface area contributed by atoms with Crippen LogP contribution in [0.2, 0.25) is 0 Å². The van der Waals surface area contributed by atoms with Crippen molar-refractivity contribution in [2.45, 2.75) is 30.0 Å². The molecule has 1 amide bonds. The largest absolute Gasteiger partial charge is 0.310 e. The molecule has 0 spiro atoms. The molecule has 0 aliphatic carbocycles. The number of fused-ring (bicyclic) bond motifs is 2. The van der Waals surface area contributed by atoms with Crippen LogP contribution in [0, 0.1) is 0 Å². The van der Waals surface area contributed by atoms with Gasteiger partial charge in [0.2, 0.25) is 5.91 Å². The Labute approximate surface area is 155 Å². The second kappa shape index (κ2) is 6.96. The highest BCUT2D eigenvalue weighted by molar-refractivity contribution is 8.00. The van der Waals surface area contributed by atoms with Crippen molar-refractivity contribution in [2.75, 3.05) is 11.4 Å². The van der Waals surface area contributed by atoms with E-state index in [-0.39, 0.29) is 18.0 Å². The van der Waals surface area contributed by atoms with E-state index in [0.29, 0.717) is 22.7 Å². The van der Waals surface area contributed by atoms with E-state index in [1.807, 2.05) is 30.3 Å². The minimum atomic E-state index is -0.185. The molecule has 0 fully saturated rings. The molecule has 0 unspecified atom stereocenters. The first-order valence-corrected chi connectivity index (χ1v) is 9.51. The minimum absolute atomic E-state index is 0.00987. The number of carbonyl (C=O) groups is 1. The van der Waals surface area contributed by atoms with Crippen molar-refractivity contribution < 1.29 is 4.79 Å². The number of thioether (sulfide) groups is 1. The second-order valence-electron chi connectivity index (χ2n) is 6.43. The maximum Gasteiger partial charge on any atom is 0.261 e. The molecule has 26 heavy (non-hydrogen) atoms. The van der Waals surface area contributed by atoms with Crippen LogP contribution in [-0.2, 0) is 11.3 Å². The van der Waals surface area contributed by atoms with Crippen molar-refractivity contribution >= 4 is 34.3 Å². The van der Waals surface area contributed by atoms with Gasteiger partial charge in [-0.15, -0.1) is 11.8 Å². The molecular weight excluding hydrogens is 346 g/mol. The Bertz CT molecular complexity index is 1030. The number of amides is 1. The fourth-order valence-electron chi connectivity index (χ4n) is 3.20. The van der Waals surface area contributed by atoms with Crippen molar-refractivity contribution in [3.05, 3.63) is 65.2 Å². The predicted molar refractivity (Wildman–Crippen MR) is 105 cm³/mol. The van der Waals surface area contributed by atoms with E-state index >= 15 is 0 Å². The monoisotopic (exact) mass is 365 g/mol. The van der Waals surface area contributed by atoms with Crippen LogP contribution in [0.5, 0.6) is 0 Å². The van der Waals surface area contributed by atoms with Crippen LogP contribution >= 0.6 is 11.8 Å². The minimum Gasteiger partial charge on any atom is -0.310 e. The predicted octanol–water partition coefficient (Wildman–Crippen LogP) is 3.31. The first-order chi connectivity index (χ1) is 12.6. The summed E-state index contributed by atoms with van der Waals surface area (Å²) in [6, 6.07) is 15.1. The molecular formula is C20H19N3O2S. The molecule has 1 atom stereocenters. The van der Waals surface area contributed by atoms with Gasteiger partial charge in [0.25, 0.3) is 5.56 Å². The molecule has 0 N–H and O–H groups in total. The molecule has 0 radical (unpaired) electrons. The van der Waals surface area contributed by atoms with Gasteiger partial charge in [0.1, 0.15) is 6.54 Å². The Kier molecular flexibility index (Phi) is 4.51. The van der Waals surface area contributed by atoms with Crippen molar-refractivity contribution in [1.82, 2.24) is 9.55 Å². The molecule has 1 aliphatic heterocycles. The molecule has 1 aromatic heterocycles. The van der Waals surface area contributed by atoms with E-state index in [0.717, 1.165) is 17.0 Å². The van der Waals surface area contributed by atoms with Crippen LogP contribution in [0.15, 0.2) is 64.5 Å². The highest BCUT2D eigenvalue weighted by Crippen LogP contribution is 2.37. The summed E-state index contributed by atoms with van der Waals surface area (Å²) in [6.07, 6.45) is 2.37. The van der Waals surface area contributed by atoms with Crippen LogP contribution in [0.4, 0.5) is 5.69 Å². The van der Waals surface area contributed by atoms with Crippen LogP contribution in [0.25, 0.3) is 10.9 Å². The molecule has 4 rings (SSSR count). The highest BCUT2D eigenvalue weighted by atomic mass is 32.2. The van der Waals surface area contributed by atoms with E-state index in [4.69, 9.17) is 0 Å². The highest BCUT2D eigenvalue weighted by Gasteiger charge is 2.24. The van der Waals surface area contributed by atoms with Crippen molar-refractivity contribution in [2.24, 2.45) is 0 Å². The zero-order valence-corrected chi connectivity index (χ0v) is 15.3. The summed E-state index contributed by atoms with van der Waals surface area (Å²) in [6.45, 7) is 2.82. The number of nitrogens with zero attached hydrogens (tertiary/aromatic N) is 3. The lowest BCUT2D eigenvalue weighted by Gasteiger charge is -2.23. The topological polar surface area (TPSA) is 55.2 Å². The van der Waals surface area contributed by atoms with Gasteiger partial charge in [-0.1, -0.05) is 31.2 Å². The summed E-state index contributed by atoms with van der Waals surface area (Å²) in [5.41, 5.74) is 1.38. The van der Waals surface area contributed by atoms with E-state index in [1.54, 1.807) is 34.9 Å². The smallest absolute Gasteiger partial charge is 0.261 e. The standard InChI is InChI=1S/C20H19N3O2S/c1-14-10-11-23(17-8-4-5-9-18(17)26-14)19(24)12-22-13-21-16-7-3-2-6-15(16)20(22)25/h2-9,13-14H,10-12H2,1H3/t14-/m0/s1. The SMILES string of the molecule is C[C@H]1CCN(C(=O)Cn2cnc3ccccc3c2=O)c2ccccc2S1. The molecule has 2 heterocycles. The first-order valence-electron chi connectivity index (χ1n) is 8.64. The summed E-state index contributed by atoms with van der Waals surface area (Å²) in [4.78, 5) is 32.9. The molecule has 1 aliphatic rings. The lowest BCUT2D eigenvalue weighted by Crippen LogP contribution is -2.37. The van der Waals surface area contributed by atoms with Gasteiger partial charge in [-0.05, 0) is 30.7 Å². The Balaban J connectivity index is 1.67. The zero-order valence-electron chi connectivity index (χ0n) is 14.5. The molecule has 0 bridgehead atoms. The third kappa shape index (κ3) is 3.12. The summed E-state index contributed by atoms with van der Waals surface area (Å²) >= 11 is 1.79. The second-order valence-corrected chi connectivity index (χ2v) is 7.91.